The Kier molecular flexibility index (Phi) is 4.53. The Morgan fingerprint density at radius 2 is 1.33 bits per heavy atom. The Morgan fingerprint density at radius 3 is 2.00 bits per heavy atom. The molecule has 18 heavy (non-hydrogen) atoms. The van der Waals surface area contributed by atoms with Crippen molar-refractivity contribution in [2.45, 2.75) is 0 Å². The summed E-state index contributed by atoms with van der Waals surface area (Å²) in [5.74, 6) is 0. The zero-order valence-corrected chi connectivity index (χ0v) is 13.0. The van der Waals surface area contributed by atoms with Crippen LogP contribution in [0.15, 0.2) is 18.3 Å². The first-order valence-electron chi connectivity index (χ1n) is 4.57. The van der Waals surface area contributed by atoms with Crippen LogP contribution in [0.3, 0.4) is 0 Å². The maximum absolute atomic E-state index is 6.12. The topological polar surface area (TPSA) is 12.9 Å². The molecule has 0 aliphatic rings. The molecular weight excluding hydrogens is 359 g/mol. The van der Waals surface area contributed by atoms with Crippen LogP contribution in [0, 0.1) is 0 Å². The van der Waals surface area contributed by atoms with Gasteiger partial charge in [-0.05, 0) is 12.1 Å². The number of halogens is 6. The summed E-state index contributed by atoms with van der Waals surface area (Å²) in [4.78, 5) is 3.92. The van der Waals surface area contributed by atoms with Crippen LogP contribution in [0.25, 0.3) is 11.1 Å². The monoisotopic (exact) mass is 359 g/mol. The summed E-state index contributed by atoms with van der Waals surface area (Å²) in [5.41, 5.74) is 0.950. The summed E-state index contributed by atoms with van der Waals surface area (Å²) in [7, 11) is 0. The minimum atomic E-state index is 0.111. The lowest BCUT2D eigenvalue weighted by molar-refractivity contribution is 1.33. The van der Waals surface area contributed by atoms with Crippen molar-refractivity contribution in [3.05, 3.63) is 48.6 Å². The molecule has 0 unspecified atom stereocenters. The van der Waals surface area contributed by atoms with E-state index in [0.717, 1.165) is 0 Å². The van der Waals surface area contributed by atoms with Crippen LogP contribution in [0.1, 0.15) is 0 Å². The third-order valence-electron chi connectivity index (χ3n) is 2.23. The van der Waals surface area contributed by atoms with Gasteiger partial charge in [-0.2, -0.15) is 0 Å². The maximum Gasteiger partial charge on any atom is 0.149 e. The van der Waals surface area contributed by atoms with E-state index in [4.69, 9.17) is 69.6 Å². The molecule has 7 heteroatoms. The first kappa shape index (κ1) is 14.5. The van der Waals surface area contributed by atoms with Gasteiger partial charge in [0.15, 0.2) is 0 Å². The molecule has 1 aromatic carbocycles. The molecule has 0 spiro atoms. The Balaban J connectivity index is 2.78. The van der Waals surface area contributed by atoms with E-state index in [1.165, 1.54) is 6.20 Å². The van der Waals surface area contributed by atoms with Crippen LogP contribution in [-0.4, -0.2) is 4.98 Å². The first-order valence-corrected chi connectivity index (χ1v) is 6.83. The van der Waals surface area contributed by atoms with Crippen LogP contribution in [0.5, 0.6) is 0 Å². The van der Waals surface area contributed by atoms with Crippen LogP contribution < -0.4 is 0 Å². The number of hydrogen-bond donors (Lipinski definition) is 0. The molecule has 0 fully saturated rings. The lowest BCUT2D eigenvalue weighted by Gasteiger charge is -2.11. The smallest absolute Gasteiger partial charge is 0.149 e. The molecule has 0 N–H and O–H groups in total. The average molecular weight is 362 g/mol. The second kappa shape index (κ2) is 5.62. The number of rotatable bonds is 1. The van der Waals surface area contributed by atoms with Crippen molar-refractivity contribution >= 4 is 69.6 Å². The lowest BCUT2D eigenvalue weighted by Crippen LogP contribution is -1.88. The molecule has 0 amide bonds. The van der Waals surface area contributed by atoms with Gasteiger partial charge in [0, 0.05) is 17.3 Å². The molecule has 0 saturated heterocycles. The fourth-order valence-electron chi connectivity index (χ4n) is 1.39. The molecule has 0 aliphatic heterocycles. The number of pyridine rings is 1. The van der Waals surface area contributed by atoms with Crippen molar-refractivity contribution in [1.29, 1.82) is 0 Å². The van der Waals surface area contributed by atoms with Crippen LogP contribution in [-0.2, 0) is 0 Å². The highest BCUT2D eigenvalue weighted by atomic mass is 35.5. The molecule has 2 aromatic rings. The van der Waals surface area contributed by atoms with Gasteiger partial charge < -0.3 is 0 Å². The minimum Gasteiger partial charge on any atom is -0.242 e. The van der Waals surface area contributed by atoms with Gasteiger partial charge in [0.2, 0.25) is 0 Å². The molecule has 1 heterocycles. The van der Waals surface area contributed by atoms with Gasteiger partial charge in [-0.1, -0.05) is 69.6 Å². The summed E-state index contributed by atoms with van der Waals surface area (Å²) >= 11 is 36.0. The van der Waals surface area contributed by atoms with Crippen molar-refractivity contribution in [2.75, 3.05) is 0 Å². The Bertz CT molecular complexity index is 625. The second-order valence-electron chi connectivity index (χ2n) is 3.31. The number of benzene rings is 1. The molecule has 0 saturated carbocycles. The van der Waals surface area contributed by atoms with Gasteiger partial charge in [0.1, 0.15) is 5.15 Å². The molecule has 1 aromatic heterocycles. The van der Waals surface area contributed by atoms with Gasteiger partial charge >= 0.3 is 0 Å². The van der Waals surface area contributed by atoms with E-state index in [0.29, 0.717) is 21.2 Å². The fourth-order valence-corrected chi connectivity index (χ4v) is 2.70. The third kappa shape index (κ3) is 2.53. The molecule has 0 bridgehead atoms. The quantitative estimate of drug-likeness (QED) is 0.408. The SMILES string of the molecule is Clc1ccc(Cl)c(-c2cnc(Cl)c(Cl)c2Cl)c1Cl. The molecule has 0 atom stereocenters. The third-order valence-corrected chi connectivity index (χ3v) is 4.59. The number of aromatic nitrogens is 1. The van der Waals surface area contributed by atoms with Crippen molar-refractivity contribution in [2.24, 2.45) is 0 Å². The summed E-state index contributed by atoms with van der Waals surface area (Å²) in [6.45, 7) is 0. The van der Waals surface area contributed by atoms with E-state index in [1.54, 1.807) is 12.1 Å². The van der Waals surface area contributed by atoms with Crippen molar-refractivity contribution in [3.8, 4) is 11.1 Å². The molecule has 2 rings (SSSR count). The summed E-state index contributed by atoms with van der Waals surface area (Å²) in [6, 6.07) is 3.21. The molecule has 1 nitrogen and oxygen atoms in total. The van der Waals surface area contributed by atoms with Gasteiger partial charge in [-0.25, -0.2) is 4.98 Å². The van der Waals surface area contributed by atoms with Crippen molar-refractivity contribution in [3.63, 3.8) is 0 Å². The van der Waals surface area contributed by atoms with Crippen LogP contribution in [0.4, 0.5) is 0 Å². The highest BCUT2D eigenvalue weighted by Crippen LogP contribution is 2.44. The lowest BCUT2D eigenvalue weighted by atomic mass is 10.1. The Labute approximate surface area is 134 Å². The van der Waals surface area contributed by atoms with Crippen molar-refractivity contribution in [1.82, 2.24) is 4.98 Å². The molecular formula is C11H3Cl6N. The van der Waals surface area contributed by atoms with E-state index in [9.17, 15) is 0 Å². The normalized spacial score (nSPS) is 10.8. The predicted molar refractivity (Wildman–Crippen MR) is 79.7 cm³/mol. The van der Waals surface area contributed by atoms with E-state index in [2.05, 4.69) is 4.98 Å². The van der Waals surface area contributed by atoms with E-state index in [-0.39, 0.29) is 20.2 Å². The number of hydrogen-bond acceptors (Lipinski definition) is 1. The largest absolute Gasteiger partial charge is 0.242 e. The van der Waals surface area contributed by atoms with Gasteiger partial charge in [-0.15, -0.1) is 0 Å². The Morgan fingerprint density at radius 1 is 0.722 bits per heavy atom. The first-order chi connectivity index (χ1) is 8.43. The highest BCUT2D eigenvalue weighted by molar-refractivity contribution is 6.50. The van der Waals surface area contributed by atoms with Crippen LogP contribution in [0.2, 0.25) is 30.3 Å². The van der Waals surface area contributed by atoms with E-state index < -0.39 is 0 Å². The van der Waals surface area contributed by atoms with Gasteiger partial charge in [-0.3, -0.25) is 0 Å². The zero-order valence-electron chi connectivity index (χ0n) is 8.45. The molecule has 0 aliphatic carbocycles. The van der Waals surface area contributed by atoms with E-state index in [1.807, 2.05) is 0 Å². The van der Waals surface area contributed by atoms with Gasteiger partial charge in [0.05, 0.1) is 25.1 Å². The average Bonchev–Trinajstić information content (AvgIpc) is 2.34. The highest BCUT2D eigenvalue weighted by Gasteiger charge is 2.18. The number of nitrogens with zero attached hydrogens (tertiary/aromatic N) is 1. The minimum absolute atomic E-state index is 0.111. The molecule has 94 valence electrons. The standard InChI is InChI=1S/C11H3Cl6N/c12-5-1-2-6(13)9(15)7(5)4-3-18-11(17)10(16)8(4)14/h1-3H. The second-order valence-corrected chi connectivity index (χ2v) is 5.62. The summed E-state index contributed by atoms with van der Waals surface area (Å²) in [6.07, 6.45) is 1.44. The maximum atomic E-state index is 6.12. The predicted octanol–water partition coefficient (Wildman–Crippen LogP) is 6.67. The van der Waals surface area contributed by atoms with Gasteiger partial charge in [0.25, 0.3) is 0 Å². The fraction of sp³-hybridized carbons (Fsp3) is 0. The molecule has 0 radical (unpaired) electrons. The summed E-state index contributed by atoms with van der Waals surface area (Å²) in [5, 5.41) is 1.52. The zero-order chi connectivity index (χ0) is 13.4. The summed E-state index contributed by atoms with van der Waals surface area (Å²) < 4.78 is 0. The van der Waals surface area contributed by atoms with Crippen LogP contribution >= 0.6 is 69.6 Å². The van der Waals surface area contributed by atoms with E-state index >= 15 is 0 Å². The Hall–Kier alpha value is 0.110. The van der Waals surface area contributed by atoms with Crippen molar-refractivity contribution < 1.29 is 0 Å².